The molecule has 0 heterocycles. The number of hydrogen-bond donors (Lipinski definition) is 1. The molecule has 0 aliphatic heterocycles. The van der Waals surface area contributed by atoms with Gasteiger partial charge in [0.05, 0.1) is 5.69 Å². The van der Waals surface area contributed by atoms with Crippen molar-refractivity contribution < 1.29 is 22.4 Å². The van der Waals surface area contributed by atoms with Crippen LogP contribution in [-0.2, 0) is 26.3 Å². The van der Waals surface area contributed by atoms with Crippen LogP contribution >= 0.6 is 0 Å². The van der Waals surface area contributed by atoms with E-state index in [1.165, 1.54) is 37.2 Å². The molecule has 10 heteroatoms. The lowest BCUT2D eigenvalue weighted by molar-refractivity contribution is -0.140. The number of amides is 2. The lowest BCUT2D eigenvalue weighted by atomic mass is 10.1. The molecule has 2 amide bonds. The third-order valence-electron chi connectivity index (χ3n) is 5.72. The molecule has 0 radical (unpaired) electrons. The summed E-state index contributed by atoms with van der Waals surface area (Å²) < 4.78 is 42.5. The van der Waals surface area contributed by atoms with Gasteiger partial charge in [0, 0.05) is 26.7 Å². The molecule has 2 aromatic rings. The minimum absolute atomic E-state index is 0.0886. The van der Waals surface area contributed by atoms with Crippen LogP contribution in [0.15, 0.2) is 54.6 Å². The predicted octanol–water partition coefficient (Wildman–Crippen LogP) is 3.16. The van der Waals surface area contributed by atoms with Crippen molar-refractivity contribution in [2.45, 2.75) is 52.2 Å². The highest BCUT2D eigenvalue weighted by Gasteiger charge is 2.34. The average Bonchev–Trinajstić information content (AvgIpc) is 2.83. The second-order valence-electron chi connectivity index (χ2n) is 8.50. The van der Waals surface area contributed by atoms with Crippen molar-refractivity contribution in [1.29, 1.82) is 0 Å². The third kappa shape index (κ3) is 7.25. The summed E-state index contributed by atoms with van der Waals surface area (Å²) in [5.74, 6) is -1.71. The van der Waals surface area contributed by atoms with E-state index in [4.69, 9.17) is 0 Å². The standard InChI is InChI=1S/C25H35FN4O4S/c1-6-19(3)27-25(32)22(7-2)29(17-20-13-9-8-10-14-20)24(31)18-30(35(33,34)28(4)5)23-16-12-11-15-21(23)26/h8-16,19,22H,6-7,17-18H2,1-5H3,(H,27,32)/t19-,22-/m1/s1. The van der Waals surface area contributed by atoms with Crippen LogP contribution < -0.4 is 9.62 Å². The molecule has 0 spiro atoms. The summed E-state index contributed by atoms with van der Waals surface area (Å²) in [6.45, 7) is 5.03. The number of nitrogens with one attached hydrogen (secondary N) is 1. The lowest BCUT2D eigenvalue weighted by Crippen LogP contribution is -2.54. The number of carbonyl (C=O) groups is 2. The van der Waals surface area contributed by atoms with Crippen LogP contribution in [0, 0.1) is 5.82 Å². The Morgan fingerprint density at radius 1 is 0.971 bits per heavy atom. The Labute approximate surface area is 207 Å². The Balaban J connectivity index is 2.49. The highest BCUT2D eigenvalue weighted by Crippen LogP contribution is 2.24. The molecule has 35 heavy (non-hydrogen) atoms. The van der Waals surface area contributed by atoms with Crippen LogP contribution in [-0.4, -0.2) is 62.2 Å². The van der Waals surface area contributed by atoms with Gasteiger partial charge < -0.3 is 10.2 Å². The Morgan fingerprint density at radius 3 is 2.11 bits per heavy atom. The molecule has 0 fully saturated rings. The Hall–Kier alpha value is -2.98. The van der Waals surface area contributed by atoms with Crippen LogP contribution in [0.25, 0.3) is 0 Å². The van der Waals surface area contributed by atoms with Crippen LogP contribution in [0.5, 0.6) is 0 Å². The van der Waals surface area contributed by atoms with Crippen LogP contribution in [0.2, 0.25) is 0 Å². The van der Waals surface area contributed by atoms with Gasteiger partial charge in [0.25, 0.3) is 0 Å². The lowest BCUT2D eigenvalue weighted by Gasteiger charge is -2.34. The van der Waals surface area contributed by atoms with Gasteiger partial charge in [-0.2, -0.15) is 12.7 Å². The zero-order valence-electron chi connectivity index (χ0n) is 20.9. The number of carbonyl (C=O) groups excluding carboxylic acids is 2. The monoisotopic (exact) mass is 506 g/mol. The van der Waals surface area contributed by atoms with Gasteiger partial charge in [0.15, 0.2) is 0 Å². The van der Waals surface area contributed by atoms with Crippen molar-refractivity contribution in [2.75, 3.05) is 24.9 Å². The first kappa shape index (κ1) is 28.3. The summed E-state index contributed by atoms with van der Waals surface area (Å²) in [4.78, 5) is 28.1. The molecule has 0 unspecified atom stereocenters. The fraction of sp³-hybridized carbons (Fsp3) is 0.440. The highest BCUT2D eigenvalue weighted by atomic mass is 32.2. The number of nitrogens with zero attached hydrogens (tertiary/aromatic N) is 3. The molecule has 192 valence electrons. The van der Waals surface area contributed by atoms with E-state index in [2.05, 4.69) is 5.32 Å². The predicted molar refractivity (Wildman–Crippen MR) is 135 cm³/mol. The number of para-hydroxylation sites is 1. The van der Waals surface area contributed by atoms with Gasteiger partial charge in [0.2, 0.25) is 11.8 Å². The Bertz CT molecular complexity index is 1100. The summed E-state index contributed by atoms with van der Waals surface area (Å²) in [5, 5.41) is 2.91. The molecule has 0 saturated heterocycles. The number of rotatable bonds is 12. The fourth-order valence-electron chi connectivity index (χ4n) is 3.50. The zero-order chi connectivity index (χ0) is 26.2. The summed E-state index contributed by atoms with van der Waals surface area (Å²) in [7, 11) is -1.59. The summed E-state index contributed by atoms with van der Waals surface area (Å²) in [6.07, 6.45) is 1.04. The summed E-state index contributed by atoms with van der Waals surface area (Å²) in [6, 6.07) is 13.6. The number of anilines is 1. The van der Waals surface area contributed by atoms with Gasteiger partial charge in [-0.15, -0.1) is 0 Å². The molecule has 0 bridgehead atoms. The first-order chi connectivity index (χ1) is 16.5. The molecule has 0 aromatic heterocycles. The van der Waals surface area contributed by atoms with Gasteiger partial charge in [-0.25, -0.2) is 8.70 Å². The van der Waals surface area contributed by atoms with Crippen LogP contribution in [0.3, 0.4) is 0 Å². The Kier molecular flexibility index (Phi) is 10.2. The van der Waals surface area contributed by atoms with Gasteiger partial charge in [-0.3, -0.25) is 9.59 Å². The number of hydrogen-bond acceptors (Lipinski definition) is 4. The minimum Gasteiger partial charge on any atom is -0.352 e. The van der Waals surface area contributed by atoms with Gasteiger partial charge in [0.1, 0.15) is 18.4 Å². The highest BCUT2D eigenvalue weighted by molar-refractivity contribution is 7.90. The van der Waals surface area contributed by atoms with Gasteiger partial charge in [-0.05, 0) is 37.5 Å². The maximum Gasteiger partial charge on any atom is 0.304 e. The second kappa shape index (κ2) is 12.6. The topological polar surface area (TPSA) is 90.0 Å². The summed E-state index contributed by atoms with van der Waals surface area (Å²) >= 11 is 0. The van der Waals surface area contributed by atoms with E-state index in [1.54, 1.807) is 6.92 Å². The van der Waals surface area contributed by atoms with Crippen molar-refractivity contribution >= 4 is 27.7 Å². The van der Waals surface area contributed by atoms with Crippen molar-refractivity contribution in [3.63, 3.8) is 0 Å². The van der Waals surface area contributed by atoms with Crippen molar-refractivity contribution in [2.24, 2.45) is 0 Å². The molecule has 0 aliphatic carbocycles. The van der Waals surface area contributed by atoms with Crippen LogP contribution in [0.1, 0.15) is 39.2 Å². The third-order valence-corrected chi connectivity index (χ3v) is 7.53. The van der Waals surface area contributed by atoms with Crippen LogP contribution in [0.4, 0.5) is 10.1 Å². The average molecular weight is 507 g/mol. The van der Waals surface area contributed by atoms with Gasteiger partial charge >= 0.3 is 10.2 Å². The molecular weight excluding hydrogens is 471 g/mol. The SMILES string of the molecule is CC[C@@H](C)NC(=O)[C@@H](CC)N(Cc1ccccc1)C(=O)CN(c1ccccc1F)S(=O)(=O)N(C)C. The molecular formula is C25H35FN4O4S. The van der Waals surface area contributed by atoms with E-state index in [0.717, 1.165) is 26.7 Å². The molecule has 2 rings (SSSR count). The zero-order valence-corrected chi connectivity index (χ0v) is 21.8. The van der Waals surface area contributed by atoms with Gasteiger partial charge in [-0.1, -0.05) is 56.3 Å². The smallest absolute Gasteiger partial charge is 0.304 e. The fourth-order valence-corrected chi connectivity index (χ4v) is 4.56. The molecule has 1 N–H and O–H groups in total. The largest absolute Gasteiger partial charge is 0.352 e. The normalized spacial score (nSPS) is 13.2. The van der Waals surface area contributed by atoms with E-state index in [9.17, 15) is 22.4 Å². The quantitative estimate of drug-likeness (QED) is 0.479. The maximum atomic E-state index is 14.7. The van der Waals surface area contributed by atoms with Crippen molar-refractivity contribution in [3.8, 4) is 0 Å². The second-order valence-corrected chi connectivity index (χ2v) is 10.6. The molecule has 8 nitrogen and oxygen atoms in total. The van der Waals surface area contributed by atoms with E-state index in [0.29, 0.717) is 6.42 Å². The van der Waals surface area contributed by atoms with E-state index >= 15 is 0 Å². The van der Waals surface area contributed by atoms with Crippen molar-refractivity contribution in [3.05, 3.63) is 66.0 Å². The first-order valence-electron chi connectivity index (χ1n) is 11.6. The number of benzene rings is 2. The molecule has 2 atom stereocenters. The summed E-state index contributed by atoms with van der Waals surface area (Å²) in [5.41, 5.74) is 0.537. The maximum absolute atomic E-state index is 14.7. The molecule has 0 saturated carbocycles. The van der Waals surface area contributed by atoms with E-state index < -0.39 is 34.5 Å². The first-order valence-corrected chi connectivity index (χ1v) is 13.0. The van der Waals surface area contributed by atoms with Crippen molar-refractivity contribution in [1.82, 2.24) is 14.5 Å². The van der Waals surface area contributed by atoms with E-state index in [1.807, 2.05) is 44.2 Å². The molecule has 0 aliphatic rings. The van der Waals surface area contributed by atoms with E-state index in [-0.39, 0.29) is 24.2 Å². The minimum atomic E-state index is -4.21. The number of halogens is 1. The molecule has 2 aromatic carbocycles. The Morgan fingerprint density at radius 2 is 1.57 bits per heavy atom.